The number of unbranched alkanes of at least 4 members (excludes halogenated alkanes) is 1. The lowest BCUT2D eigenvalue weighted by molar-refractivity contribution is 0.251. The van der Waals surface area contributed by atoms with Gasteiger partial charge < -0.3 is 14.3 Å². The van der Waals surface area contributed by atoms with E-state index in [4.69, 9.17) is 9.79 Å². The first-order chi connectivity index (χ1) is 3.77. The molecule has 3 nitrogen and oxygen atoms in total. The lowest BCUT2D eigenvalue weighted by atomic mass is 10.4. The van der Waals surface area contributed by atoms with E-state index in [1.54, 1.807) is 0 Å². The van der Waals surface area contributed by atoms with E-state index in [0.29, 0.717) is 6.61 Å². The summed E-state index contributed by atoms with van der Waals surface area (Å²) in [6.45, 7) is 2.47. The molecule has 0 saturated carbocycles. The highest BCUT2D eigenvalue weighted by molar-refractivity contribution is 7.39. The van der Waals surface area contributed by atoms with Crippen LogP contribution in [0.2, 0.25) is 0 Å². The van der Waals surface area contributed by atoms with Gasteiger partial charge in [0.2, 0.25) is 0 Å². The fourth-order valence-electron chi connectivity index (χ4n) is 0.291. The van der Waals surface area contributed by atoms with Crippen LogP contribution in [0.25, 0.3) is 0 Å². The molecular weight excluding hydrogens is 154 g/mol. The summed E-state index contributed by atoms with van der Waals surface area (Å²) in [4.78, 5) is 16.4. The second-order valence-electron chi connectivity index (χ2n) is 1.44. The van der Waals surface area contributed by atoms with Crippen molar-refractivity contribution in [1.29, 1.82) is 0 Å². The molecule has 0 radical (unpaired) electrons. The van der Waals surface area contributed by atoms with E-state index < -0.39 is 8.60 Å². The van der Waals surface area contributed by atoms with Crippen molar-refractivity contribution in [2.24, 2.45) is 0 Å². The second-order valence-corrected chi connectivity index (χ2v) is 2.20. The molecule has 0 aromatic heterocycles. The van der Waals surface area contributed by atoms with Gasteiger partial charge in [-0.1, -0.05) is 13.3 Å². The molecule has 0 heterocycles. The Morgan fingerprint density at radius 3 is 2.33 bits per heavy atom. The molecule has 0 amide bonds. The van der Waals surface area contributed by atoms with Crippen LogP contribution in [0.3, 0.4) is 0 Å². The molecule has 0 atom stereocenters. The molecule has 2 N–H and O–H groups in total. The summed E-state index contributed by atoms with van der Waals surface area (Å²) >= 11 is 0. The molecule has 0 saturated heterocycles. The van der Waals surface area contributed by atoms with Crippen molar-refractivity contribution in [3.05, 3.63) is 0 Å². The van der Waals surface area contributed by atoms with Gasteiger partial charge in [-0.05, 0) is 6.42 Å². The molecular formula is C4H14AlO3P. The minimum Gasteiger partial charge on any atom is -0.328 e. The van der Waals surface area contributed by atoms with Gasteiger partial charge in [-0.25, -0.2) is 0 Å². The van der Waals surface area contributed by atoms with Crippen LogP contribution < -0.4 is 0 Å². The molecule has 9 heavy (non-hydrogen) atoms. The third kappa shape index (κ3) is 12.1. The average Bonchev–Trinajstić information content (AvgIpc) is 1.66. The summed E-state index contributed by atoms with van der Waals surface area (Å²) < 4.78 is 4.46. The molecule has 0 spiro atoms. The highest BCUT2D eigenvalue weighted by Gasteiger charge is 1.95. The predicted octanol–water partition coefficient (Wildman–Crippen LogP) is -0.169. The SMILES string of the molecule is CCCCOP(O)O.[AlH3]. The van der Waals surface area contributed by atoms with Crippen molar-refractivity contribution in [3.63, 3.8) is 0 Å². The maximum atomic E-state index is 8.18. The van der Waals surface area contributed by atoms with E-state index in [1.165, 1.54) is 0 Å². The number of rotatable bonds is 4. The van der Waals surface area contributed by atoms with Crippen molar-refractivity contribution in [2.45, 2.75) is 19.8 Å². The van der Waals surface area contributed by atoms with Gasteiger partial charge in [0.05, 0.1) is 6.61 Å². The largest absolute Gasteiger partial charge is 0.328 e. The van der Waals surface area contributed by atoms with E-state index in [-0.39, 0.29) is 17.4 Å². The summed E-state index contributed by atoms with van der Waals surface area (Å²) in [6.07, 6.45) is 1.91. The van der Waals surface area contributed by atoms with Crippen LogP contribution in [0.1, 0.15) is 19.8 Å². The normalized spacial score (nSPS) is 9.33. The molecule has 0 bridgehead atoms. The molecule has 5 heteroatoms. The van der Waals surface area contributed by atoms with Gasteiger partial charge in [-0.15, -0.1) is 0 Å². The summed E-state index contributed by atoms with van der Waals surface area (Å²) in [5.41, 5.74) is 0. The molecule has 0 rings (SSSR count). The highest BCUT2D eigenvalue weighted by Crippen LogP contribution is 2.23. The fraction of sp³-hybridized carbons (Fsp3) is 1.00. The van der Waals surface area contributed by atoms with Crippen LogP contribution in [0, 0.1) is 0 Å². The van der Waals surface area contributed by atoms with E-state index in [0.717, 1.165) is 12.8 Å². The monoisotopic (exact) mass is 168 g/mol. The molecule has 0 aromatic rings. The summed E-state index contributed by atoms with van der Waals surface area (Å²) in [5.74, 6) is 0. The quantitative estimate of drug-likeness (QED) is 0.348. The maximum absolute atomic E-state index is 8.18. The molecule has 56 valence electrons. The second kappa shape index (κ2) is 8.84. The van der Waals surface area contributed by atoms with Gasteiger partial charge in [-0.2, -0.15) is 0 Å². The van der Waals surface area contributed by atoms with Gasteiger partial charge in [-0.3, -0.25) is 0 Å². The first-order valence-electron chi connectivity index (χ1n) is 2.58. The van der Waals surface area contributed by atoms with Gasteiger partial charge in [0.15, 0.2) is 17.4 Å². The first kappa shape index (κ1) is 12.5. The number of hydrogen-bond acceptors (Lipinski definition) is 3. The van der Waals surface area contributed by atoms with Crippen LogP contribution in [-0.4, -0.2) is 33.8 Å². The van der Waals surface area contributed by atoms with Gasteiger partial charge in [0, 0.05) is 0 Å². The zero-order chi connectivity index (χ0) is 6.41. The molecule has 0 fully saturated rings. The van der Waals surface area contributed by atoms with E-state index in [1.807, 2.05) is 6.92 Å². The van der Waals surface area contributed by atoms with E-state index in [9.17, 15) is 0 Å². The Morgan fingerprint density at radius 2 is 2.00 bits per heavy atom. The highest BCUT2D eigenvalue weighted by atomic mass is 31.2. The smallest absolute Gasteiger partial charge is 0.327 e. The molecule has 0 aliphatic rings. The lowest BCUT2D eigenvalue weighted by Crippen LogP contribution is -1.86. The zero-order valence-electron chi connectivity index (χ0n) is 4.87. The maximum Gasteiger partial charge on any atom is 0.327 e. The van der Waals surface area contributed by atoms with Crippen molar-refractivity contribution in [3.8, 4) is 0 Å². The van der Waals surface area contributed by atoms with Crippen LogP contribution in [0.5, 0.6) is 0 Å². The fourth-order valence-corrected chi connectivity index (χ4v) is 0.583. The Labute approximate surface area is 67.2 Å². The Morgan fingerprint density at radius 1 is 1.44 bits per heavy atom. The molecule has 0 aliphatic heterocycles. The minimum absolute atomic E-state index is 0. The standard InChI is InChI=1S/C4H11O3P.Al.3H/c1-2-3-4-7-8(5)6;;;;/h5-6H,2-4H2,1H3;;;;. The molecule has 0 unspecified atom stereocenters. The summed E-state index contributed by atoms with van der Waals surface area (Å²) in [7, 11) is -2.11. The van der Waals surface area contributed by atoms with Gasteiger partial charge in [0.1, 0.15) is 0 Å². The Balaban J connectivity index is 0. The van der Waals surface area contributed by atoms with Crippen LogP contribution in [0.15, 0.2) is 0 Å². The third-order valence-electron chi connectivity index (χ3n) is 0.705. The first-order valence-corrected chi connectivity index (χ1v) is 3.74. The number of hydrogen-bond donors (Lipinski definition) is 2. The Bertz CT molecular complexity index is 53.1. The molecule has 0 aromatic carbocycles. The van der Waals surface area contributed by atoms with Crippen LogP contribution in [-0.2, 0) is 4.52 Å². The average molecular weight is 168 g/mol. The zero-order valence-corrected chi connectivity index (χ0v) is 5.77. The van der Waals surface area contributed by atoms with E-state index in [2.05, 4.69) is 4.52 Å². The van der Waals surface area contributed by atoms with Crippen molar-refractivity contribution < 1.29 is 14.3 Å². The van der Waals surface area contributed by atoms with Crippen molar-refractivity contribution in [2.75, 3.05) is 6.61 Å². The lowest BCUT2D eigenvalue weighted by Gasteiger charge is -1.99. The predicted molar refractivity (Wildman–Crippen MR) is 42.2 cm³/mol. The minimum atomic E-state index is -2.11. The Kier molecular flexibility index (Phi) is 12.3. The van der Waals surface area contributed by atoms with Crippen molar-refractivity contribution >= 4 is 26.0 Å². The summed E-state index contributed by atoms with van der Waals surface area (Å²) in [6, 6.07) is 0. The van der Waals surface area contributed by atoms with Gasteiger partial charge >= 0.3 is 8.60 Å². The Hall–Kier alpha value is 0.842. The topological polar surface area (TPSA) is 49.7 Å². The van der Waals surface area contributed by atoms with Gasteiger partial charge in [0.25, 0.3) is 0 Å². The summed E-state index contributed by atoms with van der Waals surface area (Å²) in [5, 5.41) is 0. The molecule has 0 aliphatic carbocycles. The van der Waals surface area contributed by atoms with E-state index >= 15 is 0 Å². The van der Waals surface area contributed by atoms with Crippen LogP contribution in [0.4, 0.5) is 0 Å². The van der Waals surface area contributed by atoms with Crippen LogP contribution >= 0.6 is 8.60 Å². The van der Waals surface area contributed by atoms with Crippen molar-refractivity contribution in [1.82, 2.24) is 0 Å². The third-order valence-corrected chi connectivity index (χ3v) is 1.12.